The van der Waals surface area contributed by atoms with E-state index >= 15 is 0 Å². The fourth-order valence-corrected chi connectivity index (χ4v) is 1.89. The van der Waals surface area contributed by atoms with Gasteiger partial charge in [0.05, 0.1) is 13.2 Å². The minimum absolute atomic E-state index is 0.286. The number of nitrogens with one attached hydrogen (secondary N) is 1. The van der Waals surface area contributed by atoms with Gasteiger partial charge in [0.2, 0.25) is 0 Å². The van der Waals surface area contributed by atoms with Crippen molar-refractivity contribution in [3.8, 4) is 0 Å². The molecule has 1 heterocycles. The summed E-state index contributed by atoms with van der Waals surface area (Å²) in [5.41, 5.74) is 0. The van der Waals surface area contributed by atoms with Crippen molar-refractivity contribution in [2.45, 2.75) is 26.7 Å². The maximum absolute atomic E-state index is 5.19. The monoisotopic (exact) mass is 296 g/mol. The normalized spacial score (nSPS) is 11.0. The van der Waals surface area contributed by atoms with E-state index in [1.54, 1.807) is 14.2 Å². The second-order valence-electron chi connectivity index (χ2n) is 5.13. The van der Waals surface area contributed by atoms with Gasteiger partial charge < -0.3 is 19.7 Å². The Labute approximate surface area is 127 Å². The zero-order chi connectivity index (χ0) is 15.7. The number of anilines is 2. The summed E-state index contributed by atoms with van der Waals surface area (Å²) in [4.78, 5) is 11.4. The molecule has 6 nitrogen and oxygen atoms in total. The third kappa shape index (κ3) is 5.85. The van der Waals surface area contributed by atoms with Crippen LogP contribution in [-0.2, 0) is 9.47 Å². The van der Waals surface area contributed by atoms with Gasteiger partial charge in [0.25, 0.3) is 0 Å². The lowest BCUT2D eigenvalue weighted by atomic mass is 10.2. The first-order valence-corrected chi connectivity index (χ1v) is 7.48. The highest BCUT2D eigenvalue weighted by Gasteiger charge is 2.13. The number of hydrogen-bond acceptors (Lipinski definition) is 6. The van der Waals surface area contributed by atoms with Gasteiger partial charge in [0, 0.05) is 45.8 Å². The molecule has 120 valence electrons. The summed E-state index contributed by atoms with van der Waals surface area (Å²) in [5, 5.41) is 3.27. The molecule has 21 heavy (non-hydrogen) atoms. The Bertz CT molecular complexity index is 405. The zero-order valence-corrected chi connectivity index (χ0v) is 13.8. The Morgan fingerprint density at radius 1 is 1.14 bits per heavy atom. The van der Waals surface area contributed by atoms with E-state index in [0.717, 1.165) is 37.1 Å². The van der Waals surface area contributed by atoms with E-state index in [0.29, 0.717) is 13.2 Å². The van der Waals surface area contributed by atoms with Crippen LogP contribution >= 0.6 is 0 Å². The summed E-state index contributed by atoms with van der Waals surface area (Å²) in [6, 6.07) is 1.99. The molecular weight excluding hydrogens is 268 g/mol. The molecule has 6 heteroatoms. The highest BCUT2D eigenvalue weighted by atomic mass is 16.5. The van der Waals surface area contributed by atoms with Gasteiger partial charge in [0.15, 0.2) is 0 Å². The summed E-state index contributed by atoms with van der Waals surface area (Å²) in [7, 11) is 3.41. The van der Waals surface area contributed by atoms with Crippen molar-refractivity contribution < 1.29 is 9.47 Å². The molecule has 0 spiro atoms. The Morgan fingerprint density at radius 3 is 2.24 bits per heavy atom. The second-order valence-corrected chi connectivity index (χ2v) is 5.13. The molecule has 0 saturated heterocycles. The number of ether oxygens (including phenoxy) is 2. The van der Waals surface area contributed by atoms with Crippen LogP contribution in [0, 0.1) is 0 Å². The van der Waals surface area contributed by atoms with Crippen LogP contribution in [0.25, 0.3) is 0 Å². The molecule has 0 saturated carbocycles. The summed E-state index contributed by atoms with van der Waals surface area (Å²) >= 11 is 0. The molecule has 0 atom stereocenters. The molecule has 0 unspecified atom stereocenters. The van der Waals surface area contributed by atoms with Gasteiger partial charge in [0.1, 0.15) is 17.5 Å². The lowest BCUT2D eigenvalue weighted by molar-refractivity contribution is 0.190. The van der Waals surface area contributed by atoms with Crippen LogP contribution in [0.2, 0.25) is 0 Å². The molecule has 0 fully saturated rings. The summed E-state index contributed by atoms with van der Waals surface area (Å²) < 4.78 is 10.4. The number of methoxy groups -OCH3 is 2. The molecule has 0 aliphatic carbocycles. The maximum Gasteiger partial charge on any atom is 0.135 e. The van der Waals surface area contributed by atoms with Crippen LogP contribution in [0.1, 0.15) is 32.5 Å². The second kappa shape index (κ2) is 9.52. The highest BCUT2D eigenvalue weighted by molar-refractivity contribution is 5.49. The molecule has 0 aliphatic heterocycles. The van der Waals surface area contributed by atoms with E-state index in [2.05, 4.69) is 41.0 Å². The molecule has 1 aromatic rings. The molecule has 1 aromatic heterocycles. The Hall–Kier alpha value is -1.40. The van der Waals surface area contributed by atoms with Gasteiger partial charge in [-0.05, 0) is 6.92 Å². The lowest BCUT2D eigenvalue weighted by Crippen LogP contribution is -2.32. The van der Waals surface area contributed by atoms with Crippen LogP contribution in [0.3, 0.4) is 0 Å². The van der Waals surface area contributed by atoms with E-state index in [9.17, 15) is 0 Å². The molecule has 0 amide bonds. The van der Waals surface area contributed by atoms with Gasteiger partial charge in [-0.3, -0.25) is 0 Å². The first kappa shape index (κ1) is 17.7. The average molecular weight is 296 g/mol. The van der Waals surface area contributed by atoms with E-state index in [4.69, 9.17) is 9.47 Å². The van der Waals surface area contributed by atoms with Gasteiger partial charge >= 0.3 is 0 Å². The van der Waals surface area contributed by atoms with Crippen molar-refractivity contribution in [3.63, 3.8) is 0 Å². The van der Waals surface area contributed by atoms with Crippen LogP contribution in [0.15, 0.2) is 6.07 Å². The minimum Gasteiger partial charge on any atom is -0.383 e. The van der Waals surface area contributed by atoms with Crippen LogP contribution in [0.4, 0.5) is 11.6 Å². The summed E-state index contributed by atoms with van der Waals surface area (Å²) in [6.45, 7) is 9.96. The van der Waals surface area contributed by atoms with Crippen molar-refractivity contribution in [2.24, 2.45) is 0 Å². The molecule has 0 bridgehead atoms. The largest absolute Gasteiger partial charge is 0.383 e. The molecule has 0 aliphatic rings. The maximum atomic E-state index is 5.19. The summed E-state index contributed by atoms with van der Waals surface area (Å²) in [6.07, 6.45) is 0. The fourth-order valence-electron chi connectivity index (χ4n) is 1.89. The SMILES string of the molecule is CCNc1cc(N(CCOC)CCOC)nc(C(C)C)n1. The molecular formula is C15H28N4O2. The molecule has 1 rings (SSSR count). The van der Waals surface area contributed by atoms with Crippen molar-refractivity contribution in [3.05, 3.63) is 11.9 Å². The zero-order valence-electron chi connectivity index (χ0n) is 13.8. The number of hydrogen-bond donors (Lipinski definition) is 1. The number of nitrogens with zero attached hydrogens (tertiary/aromatic N) is 3. The minimum atomic E-state index is 0.286. The Morgan fingerprint density at radius 2 is 1.76 bits per heavy atom. The predicted molar refractivity (Wildman–Crippen MR) is 86.2 cm³/mol. The Balaban J connectivity index is 3.02. The van der Waals surface area contributed by atoms with Gasteiger partial charge in [-0.25, -0.2) is 9.97 Å². The van der Waals surface area contributed by atoms with Crippen molar-refractivity contribution in [2.75, 3.05) is 57.3 Å². The third-order valence-corrected chi connectivity index (χ3v) is 3.06. The smallest absolute Gasteiger partial charge is 0.135 e. The van der Waals surface area contributed by atoms with E-state index in [-0.39, 0.29) is 5.92 Å². The number of rotatable bonds is 10. The molecule has 1 N–H and O–H groups in total. The predicted octanol–water partition coefficient (Wildman–Crippen LogP) is 2.13. The van der Waals surface area contributed by atoms with Gasteiger partial charge in [-0.2, -0.15) is 0 Å². The van der Waals surface area contributed by atoms with Crippen LogP contribution < -0.4 is 10.2 Å². The van der Waals surface area contributed by atoms with E-state index in [1.165, 1.54) is 0 Å². The van der Waals surface area contributed by atoms with Crippen LogP contribution in [0.5, 0.6) is 0 Å². The van der Waals surface area contributed by atoms with Crippen molar-refractivity contribution in [1.82, 2.24) is 9.97 Å². The van der Waals surface area contributed by atoms with Crippen LogP contribution in [-0.4, -0.2) is 57.0 Å². The topological polar surface area (TPSA) is 59.5 Å². The standard InChI is InChI=1S/C15H28N4O2/c1-6-16-13-11-14(18-15(17-13)12(2)3)19(7-9-20-4)8-10-21-5/h11-12H,6-10H2,1-5H3,(H,16,17,18). The van der Waals surface area contributed by atoms with Gasteiger partial charge in [-0.1, -0.05) is 13.8 Å². The first-order chi connectivity index (χ1) is 10.1. The van der Waals surface area contributed by atoms with Crippen molar-refractivity contribution >= 4 is 11.6 Å². The van der Waals surface area contributed by atoms with E-state index < -0.39 is 0 Å². The first-order valence-electron chi connectivity index (χ1n) is 7.48. The third-order valence-electron chi connectivity index (χ3n) is 3.06. The highest BCUT2D eigenvalue weighted by Crippen LogP contribution is 2.20. The molecule has 0 radical (unpaired) electrons. The quantitative estimate of drug-likeness (QED) is 0.714. The average Bonchev–Trinajstić information content (AvgIpc) is 2.47. The van der Waals surface area contributed by atoms with E-state index in [1.807, 2.05) is 6.07 Å². The van der Waals surface area contributed by atoms with Gasteiger partial charge in [-0.15, -0.1) is 0 Å². The molecule has 0 aromatic carbocycles. The Kier molecular flexibility index (Phi) is 8.00. The number of aromatic nitrogens is 2. The fraction of sp³-hybridized carbons (Fsp3) is 0.733. The van der Waals surface area contributed by atoms with Crippen molar-refractivity contribution in [1.29, 1.82) is 0 Å². The lowest BCUT2D eigenvalue weighted by Gasteiger charge is -2.24. The summed E-state index contributed by atoms with van der Waals surface area (Å²) in [5.74, 6) is 2.92.